The minimum atomic E-state index is -0.835. The van der Waals surface area contributed by atoms with Crippen LogP contribution in [0.25, 0.3) is 5.69 Å². The molecule has 0 spiro atoms. The van der Waals surface area contributed by atoms with E-state index in [1.165, 1.54) is 11.1 Å². The maximum absolute atomic E-state index is 13.2. The van der Waals surface area contributed by atoms with Crippen LogP contribution in [0.5, 0.6) is 0 Å². The van der Waals surface area contributed by atoms with Crippen LogP contribution in [0.3, 0.4) is 0 Å². The van der Waals surface area contributed by atoms with Crippen molar-refractivity contribution in [3.8, 4) is 5.69 Å². The van der Waals surface area contributed by atoms with E-state index in [9.17, 15) is 14.7 Å². The second-order valence-electron chi connectivity index (χ2n) is 13.6. The fourth-order valence-electron chi connectivity index (χ4n) is 7.08. The molecule has 1 fully saturated rings. The molecule has 0 radical (unpaired) electrons. The van der Waals surface area contributed by atoms with Crippen LogP contribution >= 0.6 is 0 Å². The number of benzene rings is 2. The lowest BCUT2D eigenvalue weighted by molar-refractivity contribution is -0.142. The third-order valence-electron chi connectivity index (χ3n) is 9.25. The molecule has 0 aliphatic carbocycles. The number of aryl methyl sites for hydroxylation is 2. The molecule has 0 bridgehead atoms. The summed E-state index contributed by atoms with van der Waals surface area (Å²) < 4.78 is 7.83. The number of aliphatic carboxylic acids is 1. The number of likely N-dealkylation sites (tertiary alicyclic amines) is 1. The molecule has 2 aliphatic heterocycles. The fraction of sp³-hybridized carbons (Fsp3) is 0.528. The van der Waals surface area contributed by atoms with Crippen molar-refractivity contribution in [3.63, 3.8) is 0 Å². The summed E-state index contributed by atoms with van der Waals surface area (Å²) in [7, 11) is 0. The number of carbonyl (C=O) groups is 2. The molecule has 8 heteroatoms. The minimum Gasteiger partial charge on any atom is -0.481 e. The molecule has 236 valence electrons. The maximum Gasteiger partial charge on any atom is 0.407 e. The predicted octanol–water partition coefficient (Wildman–Crippen LogP) is 6.46. The first kappa shape index (κ1) is 31.8. The second-order valence-corrected chi connectivity index (χ2v) is 13.6. The van der Waals surface area contributed by atoms with E-state index in [4.69, 9.17) is 9.72 Å². The maximum atomic E-state index is 13.2. The summed E-state index contributed by atoms with van der Waals surface area (Å²) in [6.07, 6.45) is 6.72. The molecule has 5 rings (SSSR count). The number of hydrogen-bond acceptors (Lipinski definition) is 5. The molecule has 1 amide bonds. The van der Waals surface area contributed by atoms with Crippen LogP contribution < -0.4 is 5.32 Å². The number of rotatable bonds is 11. The van der Waals surface area contributed by atoms with Gasteiger partial charge in [-0.1, -0.05) is 48.0 Å². The Morgan fingerprint density at radius 2 is 1.77 bits per heavy atom. The third-order valence-corrected chi connectivity index (χ3v) is 9.25. The standard InChI is InChI=1S/C36H48N4O4/c1-24-13-17-31-27(21-24)15-18-32-30(37-23-40(31)32)22-28(34(41)42)14-16-29(38-35(43)44-36(3,4)5)33(26-11-7-6-8-12-26)25(2)39-19-9-10-20-39/h6-8,11-13,17,21,23,25,28-29,33H,9-10,14-16,18-20,22H2,1-5H3,(H,38,43)(H,41,42)/t25?,28-,29?,33?/m0/s1. The van der Waals surface area contributed by atoms with Crippen molar-refractivity contribution in [2.75, 3.05) is 13.1 Å². The van der Waals surface area contributed by atoms with Crippen molar-refractivity contribution in [2.24, 2.45) is 5.92 Å². The fourth-order valence-corrected chi connectivity index (χ4v) is 7.08. The number of hydrogen-bond donors (Lipinski definition) is 2. The minimum absolute atomic E-state index is 0.0309. The van der Waals surface area contributed by atoms with Gasteiger partial charge in [0.1, 0.15) is 5.60 Å². The zero-order valence-corrected chi connectivity index (χ0v) is 26.9. The van der Waals surface area contributed by atoms with Gasteiger partial charge in [0.25, 0.3) is 0 Å². The molecule has 1 aromatic heterocycles. The Balaban J connectivity index is 1.39. The first-order chi connectivity index (χ1) is 21.0. The number of carboxylic acid groups (broad SMARTS) is 1. The van der Waals surface area contributed by atoms with Gasteiger partial charge in [-0.25, -0.2) is 9.78 Å². The van der Waals surface area contributed by atoms with Gasteiger partial charge < -0.3 is 19.7 Å². The largest absolute Gasteiger partial charge is 0.481 e. The zero-order chi connectivity index (χ0) is 31.4. The lowest BCUT2D eigenvalue weighted by Gasteiger charge is -2.38. The lowest BCUT2D eigenvalue weighted by Crippen LogP contribution is -2.49. The molecule has 0 saturated carbocycles. The number of aromatic nitrogens is 2. The highest BCUT2D eigenvalue weighted by Crippen LogP contribution is 2.34. The Kier molecular flexibility index (Phi) is 9.78. The number of alkyl carbamates (subject to hydrolysis) is 1. The van der Waals surface area contributed by atoms with Gasteiger partial charge in [-0.05, 0) is 103 Å². The number of carbonyl (C=O) groups excluding carboxylic acids is 1. The van der Waals surface area contributed by atoms with E-state index in [-0.39, 0.29) is 18.0 Å². The highest BCUT2D eigenvalue weighted by molar-refractivity contribution is 5.70. The van der Waals surface area contributed by atoms with Crippen molar-refractivity contribution < 1.29 is 19.4 Å². The number of ether oxygens (including phenoxy) is 1. The number of amides is 1. The Labute approximate surface area is 261 Å². The van der Waals surface area contributed by atoms with Crippen molar-refractivity contribution in [1.29, 1.82) is 0 Å². The lowest BCUT2D eigenvalue weighted by atomic mass is 9.81. The van der Waals surface area contributed by atoms with E-state index in [0.717, 1.165) is 61.4 Å². The number of fused-ring (bicyclic) bond motifs is 3. The molecular weight excluding hydrogens is 552 g/mol. The molecule has 2 aliphatic rings. The molecule has 2 aromatic carbocycles. The Morgan fingerprint density at radius 1 is 1.05 bits per heavy atom. The first-order valence-corrected chi connectivity index (χ1v) is 16.2. The molecule has 3 aromatic rings. The summed E-state index contributed by atoms with van der Waals surface area (Å²) in [5, 5.41) is 13.6. The average Bonchev–Trinajstić information content (AvgIpc) is 3.65. The van der Waals surface area contributed by atoms with Crippen LogP contribution in [0.1, 0.15) is 87.4 Å². The van der Waals surface area contributed by atoms with E-state index in [0.29, 0.717) is 19.3 Å². The van der Waals surface area contributed by atoms with Crippen molar-refractivity contribution in [1.82, 2.24) is 19.8 Å². The van der Waals surface area contributed by atoms with E-state index < -0.39 is 23.6 Å². The van der Waals surface area contributed by atoms with Crippen LogP contribution in [-0.4, -0.2) is 62.4 Å². The molecule has 4 atom stereocenters. The molecule has 3 heterocycles. The van der Waals surface area contributed by atoms with Crippen LogP contribution in [0, 0.1) is 12.8 Å². The van der Waals surface area contributed by atoms with E-state index in [1.54, 1.807) is 0 Å². The first-order valence-electron chi connectivity index (χ1n) is 16.2. The van der Waals surface area contributed by atoms with E-state index >= 15 is 0 Å². The summed E-state index contributed by atoms with van der Waals surface area (Å²) in [6.45, 7) is 12.0. The topological polar surface area (TPSA) is 96.7 Å². The predicted molar refractivity (Wildman–Crippen MR) is 172 cm³/mol. The van der Waals surface area contributed by atoms with E-state index in [1.807, 2.05) is 45.3 Å². The summed E-state index contributed by atoms with van der Waals surface area (Å²) in [6, 6.07) is 16.6. The van der Waals surface area contributed by atoms with Gasteiger partial charge >= 0.3 is 12.1 Å². The number of nitrogens with zero attached hydrogens (tertiary/aromatic N) is 3. The molecule has 8 nitrogen and oxygen atoms in total. The summed E-state index contributed by atoms with van der Waals surface area (Å²) in [5.41, 5.74) is 6.11. The smallest absolute Gasteiger partial charge is 0.407 e. The van der Waals surface area contributed by atoms with Crippen molar-refractivity contribution >= 4 is 12.1 Å². The second kappa shape index (κ2) is 13.6. The van der Waals surface area contributed by atoms with Gasteiger partial charge in [-0.2, -0.15) is 0 Å². The van der Waals surface area contributed by atoms with E-state index in [2.05, 4.69) is 59.0 Å². The van der Waals surface area contributed by atoms with Crippen LogP contribution in [-0.2, 0) is 28.8 Å². The van der Waals surface area contributed by atoms with Gasteiger partial charge in [0.05, 0.1) is 17.9 Å². The number of nitrogens with one attached hydrogen (secondary N) is 1. The normalized spacial score (nSPS) is 17.7. The van der Waals surface area contributed by atoms with Gasteiger partial charge in [0.2, 0.25) is 0 Å². The van der Waals surface area contributed by atoms with Crippen LogP contribution in [0.2, 0.25) is 0 Å². The monoisotopic (exact) mass is 600 g/mol. The summed E-state index contributed by atoms with van der Waals surface area (Å²) >= 11 is 0. The third kappa shape index (κ3) is 7.52. The number of imidazole rings is 1. The van der Waals surface area contributed by atoms with Gasteiger partial charge in [-0.15, -0.1) is 0 Å². The Bertz CT molecular complexity index is 1440. The van der Waals surface area contributed by atoms with Crippen molar-refractivity contribution in [3.05, 3.63) is 82.9 Å². The molecule has 2 N–H and O–H groups in total. The van der Waals surface area contributed by atoms with Crippen LogP contribution in [0.15, 0.2) is 54.9 Å². The van der Waals surface area contributed by atoms with Crippen LogP contribution in [0.4, 0.5) is 4.79 Å². The number of carboxylic acids is 1. The SMILES string of the molecule is Cc1ccc2c(c1)CCc1c(C[C@H](CCC(NC(=O)OC(C)(C)C)C(c3ccccc3)C(C)N3CCCC3)C(=O)O)ncn1-2. The molecule has 3 unspecified atom stereocenters. The van der Waals surface area contributed by atoms with Gasteiger partial charge in [-0.3, -0.25) is 9.69 Å². The van der Waals surface area contributed by atoms with Gasteiger partial charge in [0, 0.05) is 35.8 Å². The molecule has 1 saturated heterocycles. The van der Waals surface area contributed by atoms with Crippen molar-refractivity contribution in [2.45, 2.75) is 103 Å². The quantitative estimate of drug-likeness (QED) is 0.262. The highest BCUT2D eigenvalue weighted by atomic mass is 16.6. The highest BCUT2D eigenvalue weighted by Gasteiger charge is 2.36. The summed E-state index contributed by atoms with van der Waals surface area (Å²) in [4.78, 5) is 33.1. The molecular formula is C36H48N4O4. The Morgan fingerprint density at radius 3 is 2.45 bits per heavy atom. The van der Waals surface area contributed by atoms with Gasteiger partial charge in [0.15, 0.2) is 0 Å². The average molecular weight is 601 g/mol. The summed E-state index contributed by atoms with van der Waals surface area (Å²) in [5.74, 6) is -1.49. The molecule has 44 heavy (non-hydrogen) atoms. The zero-order valence-electron chi connectivity index (χ0n) is 26.9. The Hall–Kier alpha value is -3.65.